The molecule has 158 valence electrons. The number of hydrogen-bond donors (Lipinski definition) is 2. The fourth-order valence-electron chi connectivity index (χ4n) is 3.30. The van der Waals surface area contributed by atoms with Crippen LogP contribution in [0.25, 0.3) is 11.0 Å². The molecule has 0 spiro atoms. The largest absolute Gasteiger partial charge is 0.497 e. The van der Waals surface area contributed by atoms with Gasteiger partial charge in [-0.05, 0) is 49.2 Å². The van der Waals surface area contributed by atoms with Gasteiger partial charge >= 0.3 is 0 Å². The second-order valence-corrected chi connectivity index (χ2v) is 7.08. The van der Waals surface area contributed by atoms with Crippen molar-refractivity contribution in [2.45, 2.75) is 39.2 Å². The Hall–Kier alpha value is -3.35. The predicted octanol–water partition coefficient (Wildman–Crippen LogP) is 3.53. The van der Waals surface area contributed by atoms with E-state index in [1.165, 1.54) is 0 Å². The summed E-state index contributed by atoms with van der Waals surface area (Å²) in [4.78, 5) is 29.0. The summed E-state index contributed by atoms with van der Waals surface area (Å²) in [6.07, 6.45) is 2.82. The molecule has 0 aliphatic carbocycles. The molecule has 2 N–H and O–H groups in total. The third-order valence-electron chi connectivity index (χ3n) is 4.79. The number of nitrogens with one attached hydrogen (secondary N) is 2. The zero-order valence-corrected chi connectivity index (χ0v) is 17.5. The standard InChI is InChI=1S/C23H28N4O3/c1-3-7-22(28)24-15-6-10-21-26-19-8-4-5-9-20(19)27(21)16-23(29)25-17-11-13-18(30-2)14-12-17/h4-5,8-9,11-14H,3,6-7,10,15-16H2,1-2H3,(H,24,28)(H,25,29). The molecule has 0 atom stereocenters. The third kappa shape index (κ3) is 5.59. The highest BCUT2D eigenvalue weighted by molar-refractivity contribution is 5.91. The first-order valence-corrected chi connectivity index (χ1v) is 10.3. The van der Waals surface area contributed by atoms with Crippen LogP contribution in [0.4, 0.5) is 5.69 Å². The Morgan fingerprint density at radius 3 is 2.57 bits per heavy atom. The van der Waals surface area contributed by atoms with Crippen LogP contribution in [-0.2, 0) is 22.6 Å². The average molecular weight is 409 g/mol. The second-order valence-electron chi connectivity index (χ2n) is 7.08. The van der Waals surface area contributed by atoms with Gasteiger partial charge in [0.2, 0.25) is 11.8 Å². The van der Waals surface area contributed by atoms with E-state index in [2.05, 4.69) is 10.6 Å². The highest BCUT2D eigenvalue weighted by Gasteiger charge is 2.14. The number of aromatic nitrogens is 2. The first kappa shape index (κ1) is 21.4. The molecular formula is C23H28N4O3. The molecule has 1 heterocycles. The number of ether oxygens (including phenoxy) is 1. The zero-order valence-electron chi connectivity index (χ0n) is 17.5. The number of amides is 2. The van der Waals surface area contributed by atoms with Gasteiger partial charge in [0, 0.05) is 25.1 Å². The number of imidazole rings is 1. The van der Waals surface area contributed by atoms with Crippen LogP contribution in [-0.4, -0.2) is 35.0 Å². The number of fused-ring (bicyclic) bond motifs is 1. The van der Waals surface area contributed by atoms with Gasteiger partial charge < -0.3 is 19.9 Å². The van der Waals surface area contributed by atoms with Gasteiger partial charge in [0.1, 0.15) is 18.1 Å². The van der Waals surface area contributed by atoms with E-state index in [0.717, 1.165) is 35.4 Å². The van der Waals surface area contributed by atoms with Crippen molar-refractivity contribution in [3.8, 4) is 5.75 Å². The molecule has 0 aliphatic rings. The number of nitrogens with zero attached hydrogens (tertiary/aromatic N) is 2. The van der Waals surface area contributed by atoms with Crippen molar-refractivity contribution in [3.05, 3.63) is 54.4 Å². The smallest absolute Gasteiger partial charge is 0.244 e. The Morgan fingerprint density at radius 1 is 1.07 bits per heavy atom. The third-order valence-corrected chi connectivity index (χ3v) is 4.79. The molecule has 3 aromatic rings. The SMILES string of the molecule is CCCC(=O)NCCCc1nc2ccccc2n1CC(=O)Nc1ccc(OC)cc1. The molecule has 3 rings (SSSR count). The number of methoxy groups -OCH3 is 1. The molecule has 0 fully saturated rings. The maximum atomic E-state index is 12.7. The van der Waals surface area contributed by atoms with E-state index in [4.69, 9.17) is 9.72 Å². The lowest BCUT2D eigenvalue weighted by Crippen LogP contribution is -2.25. The van der Waals surface area contributed by atoms with Crippen molar-refractivity contribution < 1.29 is 14.3 Å². The summed E-state index contributed by atoms with van der Waals surface area (Å²) in [5.74, 6) is 1.53. The van der Waals surface area contributed by atoms with Gasteiger partial charge in [-0.3, -0.25) is 9.59 Å². The minimum atomic E-state index is -0.124. The molecule has 7 heteroatoms. The number of rotatable bonds is 10. The molecule has 2 amide bonds. The van der Waals surface area contributed by atoms with Crippen molar-refractivity contribution >= 4 is 28.5 Å². The molecule has 0 saturated carbocycles. The molecule has 0 aliphatic heterocycles. The van der Waals surface area contributed by atoms with E-state index in [9.17, 15) is 9.59 Å². The van der Waals surface area contributed by atoms with Crippen molar-refractivity contribution in [1.29, 1.82) is 0 Å². The van der Waals surface area contributed by atoms with Crippen LogP contribution < -0.4 is 15.4 Å². The average Bonchev–Trinajstić information content (AvgIpc) is 3.09. The number of aryl methyl sites for hydroxylation is 1. The maximum absolute atomic E-state index is 12.7. The summed E-state index contributed by atoms with van der Waals surface area (Å²) in [5, 5.41) is 5.84. The van der Waals surface area contributed by atoms with Crippen LogP contribution in [0.5, 0.6) is 5.75 Å². The topological polar surface area (TPSA) is 85.2 Å². The quantitative estimate of drug-likeness (QED) is 0.503. The molecule has 0 unspecified atom stereocenters. The molecule has 7 nitrogen and oxygen atoms in total. The Kier molecular flexibility index (Phi) is 7.43. The van der Waals surface area contributed by atoms with E-state index < -0.39 is 0 Å². The minimum absolute atomic E-state index is 0.0740. The molecular weight excluding hydrogens is 380 g/mol. The Morgan fingerprint density at radius 2 is 1.83 bits per heavy atom. The second kappa shape index (κ2) is 10.4. The molecule has 30 heavy (non-hydrogen) atoms. The molecule has 0 radical (unpaired) electrons. The normalized spacial score (nSPS) is 10.7. The first-order chi connectivity index (χ1) is 14.6. The lowest BCUT2D eigenvalue weighted by Gasteiger charge is -2.11. The Bertz CT molecular complexity index is 995. The van der Waals surface area contributed by atoms with E-state index in [-0.39, 0.29) is 18.4 Å². The van der Waals surface area contributed by atoms with Crippen LogP contribution in [0, 0.1) is 0 Å². The van der Waals surface area contributed by atoms with Gasteiger partial charge in [-0.2, -0.15) is 0 Å². The lowest BCUT2D eigenvalue weighted by atomic mass is 10.2. The lowest BCUT2D eigenvalue weighted by molar-refractivity contribution is -0.121. The Balaban J connectivity index is 1.67. The summed E-state index contributed by atoms with van der Waals surface area (Å²) in [6.45, 7) is 2.75. The van der Waals surface area contributed by atoms with Crippen LogP contribution in [0.3, 0.4) is 0 Å². The Labute approximate surface area is 176 Å². The first-order valence-electron chi connectivity index (χ1n) is 10.3. The number of hydrogen-bond acceptors (Lipinski definition) is 4. The summed E-state index contributed by atoms with van der Waals surface area (Å²) >= 11 is 0. The predicted molar refractivity (Wildman–Crippen MR) is 118 cm³/mol. The van der Waals surface area contributed by atoms with Gasteiger partial charge in [-0.15, -0.1) is 0 Å². The van der Waals surface area contributed by atoms with Crippen molar-refractivity contribution in [2.75, 3.05) is 19.0 Å². The van der Waals surface area contributed by atoms with Crippen molar-refractivity contribution in [3.63, 3.8) is 0 Å². The minimum Gasteiger partial charge on any atom is -0.497 e. The van der Waals surface area contributed by atoms with Crippen molar-refractivity contribution in [2.24, 2.45) is 0 Å². The zero-order chi connectivity index (χ0) is 21.3. The summed E-state index contributed by atoms with van der Waals surface area (Å²) in [7, 11) is 1.61. The van der Waals surface area contributed by atoms with Gasteiger partial charge in [-0.25, -0.2) is 4.98 Å². The summed E-state index contributed by atoms with van der Waals surface area (Å²) in [5.41, 5.74) is 2.50. The van der Waals surface area contributed by atoms with E-state index in [1.54, 1.807) is 19.2 Å². The van der Waals surface area contributed by atoms with E-state index in [1.807, 2.05) is 47.9 Å². The number of carbonyl (C=O) groups is 2. The van der Waals surface area contributed by atoms with Crippen LogP contribution >= 0.6 is 0 Å². The van der Waals surface area contributed by atoms with Gasteiger partial charge in [-0.1, -0.05) is 19.1 Å². The number of benzene rings is 2. The fraction of sp³-hybridized carbons (Fsp3) is 0.348. The van der Waals surface area contributed by atoms with Gasteiger partial charge in [0.25, 0.3) is 0 Å². The van der Waals surface area contributed by atoms with Crippen LogP contribution in [0.2, 0.25) is 0 Å². The summed E-state index contributed by atoms with van der Waals surface area (Å²) in [6, 6.07) is 15.0. The van der Waals surface area contributed by atoms with E-state index >= 15 is 0 Å². The monoisotopic (exact) mass is 408 g/mol. The van der Waals surface area contributed by atoms with Gasteiger partial charge in [0.15, 0.2) is 0 Å². The maximum Gasteiger partial charge on any atom is 0.244 e. The molecule has 1 aromatic heterocycles. The molecule has 0 saturated heterocycles. The van der Waals surface area contributed by atoms with Crippen LogP contribution in [0.15, 0.2) is 48.5 Å². The number of anilines is 1. The number of para-hydroxylation sites is 2. The molecule has 0 bridgehead atoms. The van der Waals surface area contributed by atoms with Gasteiger partial charge in [0.05, 0.1) is 18.1 Å². The van der Waals surface area contributed by atoms with Crippen LogP contribution in [0.1, 0.15) is 32.0 Å². The van der Waals surface area contributed by atoms with Crippen molar-refractivity contribution in [1.82, 2.24) is 14.9 Å². The highest BCUT2D eigenvalue weighted by atomic mass is 16.5. The number of carbonyl (C=O) groups excluding carboxylic acids is 2. The molecule has 2 aromatic carbocycles. The van der Waals surface area contributed by atoms with E-state index in [0.29, 0.717) is 25.1 Å². The summed E-state index contributed by atoms with van der Waals surface area (Å²) < 4.78 is 7.09. The fourth-order valence-corrected chi connectivity index (χ4v) is 3.30. The highest BCUT2D eigenvalue weighted by Crippen LogP contribution is 2.18.